The Kier molecular flexibility index (Phi) is 3.58. The van der Waals surface area contributed by atoms with Crippen molar-refractivity contribution in [1.82, 2.24) is 10.2 Å². The Morgan fingerprint density at radius 2 is 1.40 bits per heavy atom. The predicted octanol–water partition coefficient (Wildman–Crippen LogP) is 3.85. The van der Waals surface area contributed by atoms with Crippen LogP contribution in [0.15, 0.2) is 0 Å². The molecule has 20 heavy (non-hydrogen) atoms. The van der Waals surface area contributed by atoms with E-state index in [1.54, 1.807) is 0 Å². The van der Waals surface area contributed by atoms with E-state index in [0.717, 1.165) is 6.04 Å². The van der Waals surface area contributed by atoms with Crippen molar-refractivity contribution < 1.29 is 0 Å². The van der Waals surface area contributed by atoms with Gasteiger partial charge in [-0.3, -0.25) is 4.90 Å². The van der Waals surface area contributed by atoms with E-state index in [9.17, 15) is 0 Å². The lowest BCUT2D eigenvalue weighted by Gasteiger charge is -2.57. The van der Waals surface area contributed by atoms with Gasteiger partial charge in [-0.1, -0.05) is 44.9 Å². The van der Waals surface area contributed by atoms with Crippen LogP contribution in [-0.2, 0) is 0 Å². The second-order valence-corrected chi connectivity index (χ2v) is 8.19. The number of nitrogens with zero attached hydrogens (tertiary/aromatic N) is 1. The fourth-order valence-corrected chi connectivity index (χ4v) is 5.80. The zero-order valence-electron chi connectivity index (χ0n) is 13.1. The zero-order valence-corrected chi connectivity index (χ0v) is 13.1. The Bertz CT molecular complexity index is 333. The van der Waals surface area contributed by atoms with Crippen molar-refractivity contribution in [3.05, 3.63) is 0 Å². The minimum Gasteiger partial charge on any atom is -0.308 e. The summed E-state index contributed by atoms with van der Waals surface area (Å²) < 4.78 is 0. The topological polar surface area (TPSA) is 15.3 Å². The van der Waals surface area contributed by atoms with Gasteiger partial charge >= 0.3 is 0 Å². The van der Waals surface area contributed by atoms with Gasteiger partial charge in [-0.15, -0.1) is 0 Å². The maximum absolute atomic E-state index is 4.08. The summed E-state index contributed by atoms with van der Waals surface area (Å²) >= 11 is 0. The minimum atomic E-state index is 0.495. The van der Waals surface area contributed by atoms with Crippen LogP contribution in [0.25, 0.3) is 0 Å². The molecule has 0 aromatic heterocycles. The van der Waals surface area contributed by atoms with E-state index >= 15 is 0 Å². The molecule has 4 rings (SSSR count). The molecular weight excluding hydrogens is 244 g/mol. The summed E-state index contributed by atoms with van der Waals surface area (Å²) in [5.74, 6) is 0. The highest BCUT2D eigenvalue weighted by molar-refractivity contribution is 5.09. The van der Waals surface area contributed by atoms with E-state index in [2.05, 4.69) is 10.2 Å². The maximum atomic E-state index is 4.08. The van der Waals surface area contributed by atoms with Crippen molar-refractivity contribution in [1.29, 1.82) is 0 Å². The first-order chi connectivity index (χ1) is 9.82. The lowest BCUT2D eigenvalue weighted by molar-refractivity contribution is -0.0336. The molecule has 1 heterocycles. The Hall–Kier alpha value is -0.0800. The van der Waals surface area contributed by atoms with Gasteiger partial charge in [0.15, 0.2) is 0 Å². The second kappa shape index (κ2) is 5.28. The van der Waals surface area contributed by atoms with Crippen LogP contribution in [0.3, 0.4) is 0 Å². The molecule has 4 fully saturated rings. The summed E-state index contributed by atoms with van der Waals surface area (Å²) in [7, 11) is 0. The molecule has 3 aliphatic carbocycles. The first-order valence-electron chi connectivity index (χ1n) is 9.34. The van der Waals surface area contributed by atoms with E-state index in [4.69, 9.17) is 0 Å². The molecule has 0 atom stereocenters. The van der Waals surface area contributed by atoms with Crippen molar-refractivity contribution in [3.8, 4) is 0 Å². The van der Waals surface area contributed by atoms with Gasteiger partial charge in [0.25, 0.3) is 0 Å². The van der Waals surface area contributed by atoms with Crippen molar-refractivity contribution in [2.75, 3.05) is 13.1 Å². The van der Waals surface area contributed by atoms with E-state index in [1.807, 2.05) is 0 Å². The summed E-state index contributed by atoms with van der Waals surface area (Å²) in [5.41, 5.74) is 1.05. The normalized spacial score (nSPS) is 34.2. The molecule has 0 aromatic rings. The number of piperazine rings is 1. The van der Waals surface area contributed by atoms with Crippen LogP contribution in [0.4, 0.5) is 0 Å². The zero-order chi connectivity index (χ0) is 13.5. The molecule has 0 radical (unpaired) electrons. The summed E-state index contributed by atoms with van der Waals surface area (Å²) in [6, 6.07) is 0.925. The van der Waals surface area contributed by atoms with Gasteiger partial charge in [-0.2, -0.15) is 0 Å². The Morgan fingerprint density at radius 1 is 0.750 bits per heavy atom. The quantitative estimate of drug-likeness (QED) is 0.782. The van der Waals surface area contributed by atoms with Crippen LogP contribution in [-0.4, -0.2) is 35.1 Å². The highest BCUT2D eigenvalue weighted by Crippen LogP contribution is 2.45. The molecule has 2 heteroatoms. The Labute approximate surface area is 124 Å². The van der Waals surface area contributed by atoms with Crippen LogP contribution in [0.1, 0.15) is 83.5 Å². The van der Waals surface area contributed by atoms with Gasteiger partial charge in [0.2, 0.25) is 0 Å². The van der Waals surface area contributed by atoms with Gasteiger partial charge in [0.05, 0.1) is 0 Å². The average Bonchev–Trinajstić information content (AvgIpc) is 3.16. The number of hydrogen-bond acceptors (Lipinski definition) is 2. The van der Waals surface area contributed by atoms with Gasteiger partial charge in [-0.25, -0.2) is 0 Å². The van der Waals surface area contributed by atoms with Crippen molar-refractivity contribution in [3.63, 3.8) is 0 Å². The number of rotatable bonds is 1. The minimum absolute atomic E-state index is 0.495. The summed E-state index contributed by atoms with van der Waals surface area (Å²) in [5, 5.41) is 4.08. The lowest BCUT2D eigenvalue weighted by Crippen LogP contribution is -2.71. The molecular formula is C18H32N2. The third-order valence-corrected chi connectivity index (χ3v) is 6.99. The van der Waals surface area contributed by atoms with Gasteiger partial charge in [0.1, 0.15) is 0 Å². The van der Waals surface area contributed by atoms with Gasteiger partial charge in [-0.05, 0) is 38.5 Å². The molecule has 1 aliphatic heterocycles. The average molecular weight is 276 g/mol. The smallest absolute Gasteiger partial charge is 0.0337 e. The lowest BCUT2D eigenvalue weighted by atomic mass is 9.76. The SMILES string of the molecule is C1CCC2(CC1)CN(C1CCCC1)C1(CCCC1)CN2. The third-order valence-electron chi connectivity index (χ3n) is 6.99. The first kappa shape index (κ1) is 13.6. The monoisotopic (exact) mass is 276 g/mol. The Morgan fingerprint density at radius 3 is 2.10 bits per heavy atom. The van der Waals surface area contributed by atoms with Crippen LogP contribution in [0.2, 0.25) is 0 Å². The molecule has 0 amide bonds. The van der Waals surface area contributed by atoms with E-state index in [0.29, 0.717) is 11.1 Å². The van der Waals surface area contributed by atoms with E-state index < -0.39 is 0 Å². The molecule has 0 bridgehead atoms. The van der Waals surface area contributed by atoms with Crippen molar-refractivity contribution >= 4 is 0 Å². The van der Waals surface area contributed by atoms with Crippen molar-refractivity contribution in [2.24, 2.45) is 0 Å². The summed E-state index contributed by atoms with van der Waals surface area (Å²) in [6.07, 6.45) is 19.1. The maximum Gasteiger partial charge on any atom is 0.0337 e. The molecule has 0 unspecified atom stereocenters. The second-order valence-electron chi connectivity index (χ2n) is 8.19. The van der Waals surface area contributed by atoms with Gasteiger partial charge in [0, 0.05) is 30.2 Å². The molecule has 4 aliphatic rings. The van der Waals surface area contributed by atoms with Gasteiger partial charge < -0.3 is 5.32 Å². The highest BCUT2D eigenvalue weighted by Gasteiger charge is 2.50. The van der Waals surface area contributed by atoms with E-state index in [-0.39, 0.29) is 0 Å². The molecule has 2 spiro atoms. The number of hydrogen-bond donors (Lipinski definition) is 1. The van der Waals surface area contributed by atoms with Crippen molar-refractivity contribution in [2.45, 2.75) is 101 Å². The molecule has 2 nitrogen and oxygen atoms in total. The van der Waals surface area contributed by atoms with E-state index in [1.165, 1.54) is 96.6 Å². The Balaban J connectivity index is 1.57. The fraction of sp³-hybridized carbons (Fsp3) is 1.00. The van der Waals surface area contributed by atoms with Crippen LogP contribution in [0.5, 0.6) is 0 Å². The fourth-order valence-electron chi connectivity index (χ4n) is 5.80. The molecule has 0 aromatic carbocycles. The predicted molar refractivity (Wildman–Crippen MR) is 84.0 cm³/mol. The molecule has 1 saturated heterocycles. The summed E-state index contributed by atoms with van der Waals surface area (Å²) in [6.45, 7) is 2.67. The van der Waals surface area contributed by atoms with Crippen LogP contribution in [0, 0.1) is 0 Å². The molecule has 3 saturated carbocycles. The highest BCUT2D eigenvalue weighted by atomic mass is 15.3. The van der Waals surface area contributed by atoms with Crippen LogP contribution >= 0.6 is 0 Å². The standard InChI is InChI=1S/C18H32N2/c1-4-10-17(11-5-1)15-20(16-8-2-3-9-16)18(14-19-17)12-6-7-13-18/h16,19H,1-15H2. The first-order valence-corrected chi connectivity index (χ1v) is 9.34. The molecule has 114 valence electrons. The third kappa shape index (κ3) is 2.23. The van der Waals surface area contributed by atoms with Crippen LogP contribution < -0.4 is 5.32 Å². The summed E-state index contributed by atoms with van der Waals surface area (Å²) in [4.78, 5) is 3.05. The largest absolute Gasteiger partial charge is 0.308 e. The molecule has 1 N–H and O–H groups in total. The number of nitrogens with one attached hydrogen (secondary N) is 1.